The van der Waals surface area contributed by atoms with Crippen molar-refractivity contribution < 1.29 is 29.3 Å². The van der Waals surface area contributed by atoms with Gasteiger partial charge in [-0.2, -0.15) is 0 Å². The molecule has 1 aliphatic rings. The zero-order chi connectivity index (χ0) is 12.9. The summed E-state index contributed by atoms with van der Waals surface area (Å²) in [6, 6.07) is 0. The molecule has 0 aromatic carbocycles. The van der Waals surface area contributed by atoms with Crippen LogP contribution in [0.25, 0.3) is 0 Å². The monoisotopic (exact) mass is 245 g/mol. The second kappa shape index (κ2) is 5.53. The van der Waals surface area contributed by atoms with Gasteiger partial charge in [-0.3, -0.25) is 9.59 Å². The van der Waals surface area contributed by atoms with Gasteiger partial charge < -0.3 is 25.0 Å². The number of amides is 1. The van der Waals surface area contributed by atoms with Crippen molar-refractivity contribution in [1.82, 2.24) is 5.32 Å². The van der Waals surface area contributed by atoms with Crippen molar-refractivity contribution >= 4 is 11.9 Å². The summed E-state index contributed by atoms with van der Waals surface area (Å²) in [5.74, 6) is -1.67. The maximum absolute atomic E-state index is 11.5. The van der Waals surface area contributed by atoms with Crippen LogP contribution >= 0.6 is 0 Å². The standard InChI is InChI=1S/C10H15NO6/c1-10(15,4-8(12)13)6-11-9(14)7-5-16-2-3-17-7/h5,15H,2-4,6H2,1H3,(H,11,14)(H,12,13). The van der Waals surface area contributed by atoms with Crippen molar-refractivity contribution in [2.24, 2.45) is 0 Å². The number of hydrogen-bond acceptors (Lipinski definition) is 5. The Kier molecular flexibility index (Phi) is 4.33. The Bertz CT molecular complexity index is 336. The molecule has 1 aliphatic heterocycles. The molecule has 1 unspecified atom stereocenters. The molecule has 0 radical (unpaired) electrons. The number of carboxylic acid groups (broad SMARTS) is 1. The van der Waals surface area contributed by atoms with Gasteiger partial charge in [0, 0.05) is 6.54 Å². The van der Waals surface area contributed by atoms with Crippen LogP contribution in [0.2, 0.25) is 0 Å². The molecule has 96 valence electrons. The number of nitrogens with one attached hydrogen (secondary N) is 1. The van der Waals surface area contributed by atoms with Gasteiger partial charge in [0.25, 0.3) is 5.91 Å². The van der Waals surface area contributed by atoms with E-state index >= 15 is 0 Å². The van der Waals surface area contributed by atoms with Crippen molar-refractivity contribution in [2.75, 3.05) is 19.8 Å². The first-order chi connectivity index (χ1) is 7.91. The second-order valence-electron chi connectivity index (χ2n) is 3.95. The molecule has 0 aromatic rings. The van der Waals surface area contributed by atoms with Crippen molar-refractivity contribution in [3.8, 4) is 0 Å². The molecule has 7 nitrogen and oxygen atoms in total. The average Bonchev–Trinajstić information content (AvgIpc) is 2.25. The lowest BCUT2D eigenvalue weighted by molar-refractivity contribution is -0.142. The molecule has 0 fully saturated rings. The summed E-state index contributed by atoms with van der Waals surface area (Å²) in [5.41, 5.74) is -1.50. The fraction of sp³-hybridized carbons (Fsp3) is 0.600. The Hall–Kier alpha value is -1.76. The Morgan fingerprint density at radius 1 is 1.53 bits per heavy atom. The lowest BCUT2D eigenvalue weighted by atomic mass is 10.0. The Balaban J connectivity index is 2.41. The van der Waals surface area contributed by atoms with Crippen LogP contribution in [-0.4, -0.2) is 47.4 Å². The minimum absolute atomic E-state index is 0.0161. The number of carbonyl (C=O) groups excluding carboxylic acids is 1. The van der Waals surface area contributed by atoms with Gasteiger partial charge in [0.05, 0.1) is 12.0 Å². The van der Waals surface area contributed by atoms with E-state index in [-0.39, 0.29) is 18.9 Å². The van der Waals surface area contributed by atoms with Crippen LogP contribution in [0.1, 0.15) is 13.3 Å². The predicted octanol–water partition coefficient (Wildman–Crippen LogP) is -0.783. The number of aliphatic hydroxyl groups is 1. The number of carboxylic acids is 1. The molecule has 7 heteroatoms. The molecule has 1 amide bonds. The van der Waals surface area contributed by atoms with E-state index in [1.165, 1.54) is 13.2 Å². The molecular weight excluding hydrogens is 230 g/mol. The molecule has 3 N–H and O–H groups in total. The van der Waals surface area contributed by atoms with Gasteiger partial charge >= 0.3 is 5.97 Å². The molecule has 0 saturated heterocycles. The van der Waals surface area contributed by atoms with E-state index in [0.29, 0.717) is 6.61 Å². The van der Waals surface area contributed by atoms with E-state index in [0.717, 1.165) is 0 Å². The average molecular weight is 245 g/mol. The third-order valence-electron chi connectivity index (χ3n) is 2.03. The lowest BCUT2D eigenvalue weighted by Crippen LogP contribution is -2.43. The Labute approximate surface area is 98.0 Å². The van der Waals surface area contributed by atoms with E-state index in [9.17, 15) is 14.7 Å². The summed E-state index contributed by atoms with van der Waals surface area (Å²) in [7, 11) is 0. The minimum atomic E-state index is -1.50. The third-order valence-corrected chi connectivity index (χ3v) is 2.03. The van der Waals surface area contributed by atoms with Crippen molar-refractivity contribution in [3.05, 3.63) is 12.0 Å². The fourth-order valence-corrected chi connectivity index (χ4v) is 1.23. The second-order valence-corrected chi connectivity index (χ2v) is 3.95. The van der Waals surface area contributed by atoms with Gasteiger partial charge in [0.1, 0.15) is 19.5 Å². The van der Waals surface area contributed by atoms with E-state index in [1.807, 2.05) is 0 Å². The predicted molar refractivity (Wildman–Crippen MR) is 55.9 cm³/mol. The Morgan fingerprint density at radius 3 is 2.76 bits per heavy atom. The largest absolute Gasteiger partial charge is 0.494 e. The quantitative estimate of drug-likeness (QED) is 0.586. The molecule has 0 spiro atoms. The molecule has 1 heterocycles. The molecule has 0 aromatic heterocycles. The highest BCUT2D eigenvalue weighted by atomic mass is 16.6. The maximum Gasteiger partial charge on any atom is 0.306 e. The topological polar surface area (TPSA) is 105 Å². The molecule has 0 saturated carbocycles. The van der Waals surface area contributed by atoms with Gasteiger partial charge in [-0.1, -0.05) is 0 Å². The van der Waals surface area contributed by atoms with Crippen LogP contribution in [-0.2, 0) is 19.1 Å². The molecule has 17 heavy (non-hydrogen) atoms. The molecule has 1 atom stereocenters. The first-order valence-electron chi connectivity index (χ1n) is 5.08. The number of ether oxygens (including phenoxy) is 2. The summed E-state index contributed by atoms with van der Waals surface area (Å²) >= 11 is 0. The van der Waals surface area contributed by atoms with Crippen LogP contribution < -0.4 is 5.32 Å². The fourth-order valence-electron chi connectivity index (χ4n) is 1.23. The van der Waals surface area contributed by atoms with E-state index in [1.54, 1.807) is 0 Å². The summed E-state index contributed by atoms with van der Waals surface area (Å²) in [4.78, 5) is 21.9. The van der Waals surface area contributed by atoms with Crippen molar-refractivity contribution in [2.45, 2.75) is 18.9 Å². The van der Waals surface area contributed by atoms with E-state index < -0.39 is 23.9 Å². The molecule has 0 bridgehead atoms. The minimum Gasteiger partial charge on any atom is -0.494 e. The number of rotatable bonds is 5. The zero-order valence-corrected chi connectivity index (χ0v) is 9.43. The van der Waals surface area contributed by atoms with Crippen LogP contribution in [0.5, 0.6) is 0 Å². The number of carbonyl (C=O) groups is 2. The normalized spacial score (nSPS) is 18.1. The SMILES string of the molecule is CC(O)(CNC(=O)C1=COCCO1)CC(=O)O. The highest BCUT2D eigenvalue weighted by Gasteiger charge is 2.26. The zero-order valence-electron chi connectivity index (χ0n) is 9.43. The number of aliphatic carboxylic acids is 1. The first-order valence-corrected chi connectivity index (χ1v) is 5.08. The third kappa shape index (κ3) is 4.73. The first kappa shape index (κ1) is 13.3. The van der Waals surface area contributed by atoms with Gasteiger partial charge in [0.15, 0.2) is 0 Å². The maximum atomic E-state index is 11.5. The number of hydrogen-bond donors (Lipinski definition) is 3. The van der Waals surface area contributed by atoms with Gasteiger partial charge in [-0.05, 0) is 6.92 Å². The van der Waals surface area contributed by atoms with Crippen LogP contribution in [0.3, 0.4) is 0 Å². The highest BCUT2D eigenvalue weighted by molar-refractivity contribution is 5.91. The van der Waals surface area contributed by atoms with E-state index in [4.69, 9.17) is 14.6 Å². The smallest absolute Gasteiger partial charge is 0.306 e. The summed E-state index contributed by atoms with van der Waals surface area (Å²) in [6.07, 6.45) is 0.731. The van der Waals surface area contributed by atoms with Crippen molar-refractivity contribution in [3.63, 3.8) is 0 Å². The van der Waals surface area contributed by atoms with Crippen molar-refractivity contribution in [1.29, 1.82) is 0 Å². The van der Waals surface area contributed by atoms with Crippen LogP contribution in [0, 0.1) is 0 Å². The summed E-state index contributed by atoms with van der Waals surface area (Å²) in [5, 5.41) is 20.6. The summed E-state index contributed by atoms with van der Waals surface area (Å²) < 4.78 is 9.91. The highest BCUT2D eigenvalue weighted by Crippen LogP contribution is 2.09. The van der Waals surface area contributed by atoms with Gasteiger partial charge in [0.2, 0.25) is 5.76 Å². The Morgan fingerprint density at radius 2 is 2.24 bits per heavy atom. The van der Waals surface area contributed by atoms with E-state index in [2.05, 4.69) is 5.32 Å². The molecular formula is C10H15NO6. The van der Waals surface area contributed by atoms with Gasteiger partial charge in [-0.25, -0.2) is 0 Å². The molecule has 1 rings (SSSR count). The van der Waals surface area contributed by atoms with Gasteiger partial charge in [-0.15, -0.1) is 0 Å². The van der Waals surface area contributed by atoms with Crippen LogP contribution in [0.4, 0.5) is 0 Å². The van der Waals surface area contributed by atoms with Crippen LogP contribution in [0.15, 0.2) is 12.0 Å². The lowest BCUT2D eigenvalue weighted by Gasteiger charge is -2.22. The molecule has 0 aliphatic carbocycles. The summed E-state index contributed by atoms with van der Waals surface area (Å²) in [6.45, 7) is 1.81.